The normalized spacial score (nSPS) is 26.9. The second-order valence-corrected chi connectivity index (χ2v) is 7.87. The minimum absolute atomic E-state index is 0.190. The highest BCUT2D eigenvalue weighted by Crippen LogP contribution is 2.36. The molecule has 0 aromatic carbocycles. The summed E-state index contributed by atoms with van der Waals surface area (Å²) in [6.45, 7) is 0. The van der Waals surface area contributed by atoms with Gasteiger partial charge in [0.05, 0.1) is 18.1 Å². The number of aromatic nitrogens is 2. The molecule has 1 aromatic heterocycles. The van der Waals surface area contributed by atoms with E-state index in [1.165, 1.54) is 23.7 Å². The molecule has 1 aliphatic heterocycles. The zero-order valence-electron chi connectivity index (χ0n) is 10.6. The molecule has 19 heavy (non-hydrogen) atoms. The summed E-state index contributed by atoms with van der Waals surface area (Å²) >= 11 is 6.22. The Kier molecular flexibility index (Phi) is 3.47. The number of nitrogens with zero attached hydrogens (tertiary/aromatic N) is 2. The predicted octanol–water partition coefficient (Wildman–Crippen LogP) is 2.57. The van der Waals surface area contributed by atoms with Gasteiger partial charge in [-0.2, -0.15) is 5.10 Å². The Morgan fingerprint density at radius 1 is 1.26 bits per heavy atom. The van der Waals surface area contributed by atoms with Crippen LogP contribution in [0.2, 0.25) is 5.15 Å². The van der Waals surface area contributed by atoms with E-state index in [-0.39, 0.29) is 11.9 Å². The van der Waals surface area contributed by atoms with Gasteiger partial charge in [0, 0.05) is 0 Å². The molecule has 1 saturated heterocycles. The third-order valence-corrected chi connectivity index (χ3v) is 6.35. The molecule has 2 heterocycles. The first kappa shape index (κ1) is 13.2. The molecule has 0 amide bonds. The van der Waals surface area contributed by atoms with E-state index in [1.807, 2.05) is 0 Å². The summed E-state index contributed by atoms with van der Waals surface area (Å²) in [6, 6.07) is 0. The van der Waals surface area contributed by atoms with Crippen LogP contribution in [-0.4, -0.2) is 30.1 Å². The van der Waals surface area contributed by atoms with E-state index in [4.69, 9.17) is 16.3 Å². The van der Waals surface area contributed by atoms with Gasteiger partial charge in [0.1, 0.15) is 0 Å². The van der Waals surface area contributed by atoms with Gasteiger partial charge in [0.2, 0.25) is 0 Å². The molecule has 1 saturated carbocycles. The van der Waals surface area contributed by atoms with Crippen molar-refractivity contribution in [1.82, 2.24) is 9.78 Å². The Hall–Kier alpha value is -0.750. The average molecular weight is 305 g/mol. The number of sulfone groups is 1. The Morgan fingerprint density at radius 3 is 2.63 bits per heavy atom. The third-order valence-electron chi connectivity index (χ3n) is 3.87. The number of hydrogen-bond acceptors (Lipinski definition) is 4. The van der Waals surface area contributed by atoms with Crippen LogP contribution < -0.4 is 4.74 Å². The van der Waals surface area contributed by atoms with Crippen LogP contribution in [0.4, 0.5) is 0 Å². The maximum atomic E-state index is 11.9. The molecule has 2 fully saturated rings. The first-order valence-corrected chi connectivity index (χ1v) is 8.78. The van der Waals surface area contributed by atoms with Gasteiger partial charge in [-0.3, -0.25) is 0 Å². The fraction of sp³-hybridized carbons (Fsp3) is 0.750. The summed E-state index contributed by atoms with van der Waals surface area (Å²) < 4.78 is 31.0. The highest BCUT2D eigenvalue weighted by Gasteiger charge is 2.35. The van der Waals surface area contributed by atoms with Crippen molar-refractivity contribution in [2.75, 3.05) is 5.75 Å². The number of ether oxygens (including phenoxy) is 1. The van der Waals surface area contributed by atoms with Crippen molar-refractivity contribution in [2.24, 2.45) is 0 Å². The Bertz CT molecular complexity index is 564. The van der Waals surface area contributed by atoms with E-state index in [2.05, 4.69) is 5.10 Å². The first-order valence-electron chi connectivity index (χ1n) is 6.69. The number of halogens is 1. The lowest BCUT2D eigenvalue weighted by atomic mass is 10.3. The monoisotopic (exact) mass is 304 g/mol. The minimum Gasteiger partial charge on any atom is -0.486 e. The number of hydrogen-bond donors (Lipinski definition) is 0. The highest BCUT2D eigenvalue weighted by atomic mass is 35.5. The van der Waals surface area contributed by atoms with Gasteiger partial charge < -0.3 is 4.74 Å². The van der Waals surface area contributed by atoms with Crippen molar-refractivity contribution in [3.8, 4) is 5.75 Å². The van der Waals surface area contributed by atoms with Crippen molar-refractivity contribution >= 4 is 21.4 Å². The lowest BCUT2D eigenvalue weighted by Gasteiger charge is -2.13. The first-order chi connectivity index (χ1) is 9.08. The topological polar surface area (TPSA) is 61.2 Å². The maximum Gasteiger partial charge on any atom is 0.176 e. The molecule has 106 valence electrons. The minimum atomic E-state index is -3.12. The van der Waals surface area contributed by atoms with Gasteiger partial charge in [-0.1, -0.05) is 11.6 Å². The van der Waals surface area contributed by atoms with Gasteiger partial charge in [0.25, 0.3) is 0 Å². The molecule has 1 aromatic rings. The second-order valence-electron chi connectivity index (χ2n) is 5.23. The molecule has 1 aliphatic carbocycles. The van der Waals surface area contributed by atoms with E-state index in [0.29, 0.717) is 23.7 Å². The van der Waals surface area contributed by atoms with Crippen LogP contribution >= 0.6 is 11.6 Å². The molecule has 0 bridgehead atoms. The molecule has 0 spiro atoms. The molecule has 0 N–H and O–H groups in total. The van der Waals surface area contributed by atoms with Gasteiger partial charge in [-0.15, -0.1) is 0 Å². The van der Waals surface area contributed by atoms with Gasteiger partial charge in [0.15, 0.2) is 26.1 Å². The van der Waals surface area contributed by atoms with Crippen LogP contribution in [0.5, 0.6) is 5.75 Å². The zero-order valence-corrected chi connectivity index (χ0v) is 12.2. The standard InChI is InChI=1S/C12H17ClN2O3S/c13-12-10(18-9-4-1-2-5-9)8-14-15(12)11-6-3-7-19(11,16)17/h8-9,11H,1-7H2. The zero-order chi connectivity index (χ0) is 13.5. The van der Waals surface area contributed by atoms with E-state index in [1.54, 1.807) is 0 Å². The summed E-state index contributed by atoms with van der Waals surface area (Å²) in [4.78, 5) is 0. The lowest BCUT2D eigenvalue weighted by molar-refractivity contribution is 0.210. The third kappa shape index (κ3) is 2.48. The fourth-order valence-corrected chi connectivity index (χ4v) is 4.99. The van der Waals surface area contributed by atoms with E-state index in [0.717, 1.165) is 12.8 Å². The van der Waals surface area contributed by atoms with Crippen molar-refractivity contribution in [2.45, 2.75) is 50.0 Å². The SMILES string of the molecule is O=S1(=O)CCCC1n1ncc(OC2CCCC2)c1Cl. The van der Waals surface area contributed by atoms with E-state index >= 15 is 0 Å². The maximum absolute atomic E-state index is 11.9. The van der Waals surface area contributed by atoms with E-state index in [9.17, 15) is 8.42 Å². The molecule has 7 heteroatoms. The van der Waals surface area contributed by atoms with Crippen LogP contribution in [-0.2, 0) is 9.84 Å². The van der Waals surface area contributed by atoms with Gasteiger partial charge >= 0.3 is 0 Å². The molecule has 1 unspecified atom stereocenters. The average Bonchev–Trinajstić information content (AvgIpc) is 3.04. The van der Waals surface area contributed by atoms with Gasteiger partial charge in [-0.05, 0) is 38.5 Å². The summed E-state index contributed by atoms with van der Waals surface area (Å²) in [5.74, 6) is 0.725. The van der Waals surface area contributed by atoms with Crippen molar-refractivity contribution in [1.29, 1.82) is 0 Å². The fourth-order valence-electron chi connectivity index (χ4n) is 2.85. The predicted molar refractivity (Wildman–Crippen MR) is 72.2 cm³/mol. The second kappa shape index (κ2) is 4.98. The number of rotatable bonds is 3. The van der Waals surface area contributed by atoms with Gasteiger partial charge in [-0.25, -0.2) is 13.1 Å². The molecule has 0 radical (unpaired) electrons. The molecule has 5 nitrogen and oxygen atoms in total. The quantitative estimate of drug-likeness (QED) is 0.861. The smallest absolute Gasteiger partial charge is 0.176 e. The lowest BCUT2D eigenvalue weighted by Crippen LogP contribution is -2.17. The summed E-state index contributed by atoms with van der Waals surface area (Å²) in [7, 11) is -3.12. The van der Waals surface area contributed by atoms with Crippen molar-refractivity contribution in [3.63, 3.8) is 0 Å². The summed E-state index contributed by atoms with van der Waals surface area (Å²) in [5, 5.41) is 3.80. The van der Waals surface area contributed by atoms with Crippen molar-refractivity contribution < 1.29 is 13.2 Å². The molecular weight excluding hydrogens is 288 g/mol. The summed E-state index contributed by atoms with van der Waals surface area (Å²) in [5.41, 5.74) is 0. The van der Waals surface area contributed by atoms with E-state index < -0.39 is 15.2 Å². The van der Waals surface area contributed by atoms with Crippen LogP contribution in [0.15, 0.2) is 6.20 Å². The summed E-state index contributed by atoms with van der Waals surface area (Å²) in [6.07, 6.45) is 7.38. The van der Waals surface area contributed by atoms with Crippen LogP contribution in [0, 0.1) is 0 Å². The molecule has 1 atom stereocenters. The molecule has 3 rings (SSSR count). The van der Waals surface area contributed by atoms with Crippen molar-refractivity contribution in [3.05, 3.63) is 11.3 Å². The molecule has 2 aliphatic rings. The van der Waals surface area contributed by atoms with Crippen LogP contribution in [0.3, 0.4) is 0 Å². The largest absolute Gasteiger partial charge is 0.486 e. The Balaban J connectivity index is 1.82. The molecular formula is C12H17ClN2O3S. The highest BCUT2D eigenvalue weighted by molar-refractivity contribution is 7.91. The Labute approximate surface area is 117 Å². The Morgan fingerprint density at radius 2 is 2.00 bits per heavy atom. The van der Waals surface area contributed by atoms with Crippen LogP contribution in [0.25, 0.3) is 0 Å². The van der Waals surface area contributed by atoms with Crippen LogP contribution in [0.1, 0.15) is 43.9 Å².